The zero-order valence-electron chi connectivity index (χ0n) is 33.7. The number of aliphatic hydroxyl groups is 1. The Morgan fingerprint density at radius 3 is 2.37 bits per heavy atom. The van der Waals surface area contributed by atoms with Crippen LogP contribution in [0, 0.1) is 5.41 Å². The van der Waals surface area contributed by atoms with Crippen LogP contribution in [-0.2, 0) is 36.1 Å². The number of likely N-dealkylation sites (tertiary alicyclic amines) is 1. The topological polar surface area (TPSA) is 190 Å². The van der Waals surface area contributed by atoms with Gasteiger partial charge in [-0.3, -0.25) is 14.4 Å². The van der Waals surface area contributed by atoms with Crippen molar-refractivity contribution in [3.05, 3.63) is 92.3 Å². The van der Waals surface area contributed by atoms with Crippen molar-refractivity contribution in [3.63, 3.8) is 0 Å². The first kappa shape index (κ1) is 43.3. The molecular formula is C44H53N5O9S2. The molecule has 3 amide bonds. The third kappa shape index (κ3) is 10.0. The molecule has 16 heteroatoms. The Morgan fingerprint density at radius 2 is 1.72 bits per heavy atom. The maximum absolute atomic E-state index is 13.0. The van der Waals surface area contributed by atoms with Crippen LogP contribution in [-0.4, -0.2) is 101 Å². The predicted molar refractivity (Wildman–Crippen MR) is 229 cm³/mol. The molecule has 0 unspecified atom stereocenters. The van der Waals surface area contributed by atoms with Crippen LogP contribution < -0.4 is 20.7 Å². The molecule has 2 aliphatic heterocycles. The summed E-state index contributed by atoms with van der Waals surface area (Å²) in [5, 5.41) is 43.7. The third-order valence-electron chi connectivity index (χ3n) is 11.9. The monoisotopic (exact) mass is 859 g/mol. The molecule has 14 nitrogen and oxygen atoms in total. The van der Waals surface area contributed by atoms with E-state index in [1.165, 1.54) is 28.7 Å². The summed E-state index contributed by atoms with van der Waals surface area (Å²) in [7, 11) is 1.82. The van der Waals surface area contributed by atoms with Crippen LogP contribution in [0.5, 0.6) is 11.5 Å². The molecule has 4 heterocycles. The first-order valence-electron chi connectivity index (χ1n) is 20.5. The highest BCUT2D eigenvalue weighted by molar-refractivity contribution is 7.12. The number of carbonyl (C=O) groups excluding carboxylic acids is 3. The normalized spacial score (nSPS) is 16.9. The van der Waals surface area contributed by atoms with Gasteiger partial charge in [0.2, 0.25) is 17.4 Å². The highest BCUT2D eigenvalue weighted by Crippen LogP contribution is 2.53. The van der Waals surface area contributed by atoms with Crippen molar-refractivity contribution >= 4 is 57.7 Å². The second kappa shape index (κ2) is 19.3. The number of ether oxygens (including phenoxy) is 2. The van der Waals surface area contributed by atoms with E-state index in [-0.39, 0.29) is 59.6 Å². The first-order chi connectivity index (χ1) is 28.9. The van der Waals surface area contributed by atoms with Gasteiger partial charge in [0, 0.05) is 57.3 Å². The molecule has 0 bridgehead atoms. The van der Waals surface area contributed by atoms with Crippen LogP contribution in [0.1, 0.15) is 78.4 Å². The lowest BCUT2D eigenvalue weighted by atomic mass is 9.61. The summed E-state index contributed by atoms with van der Waals surface area (Å²) < 4.78 is 12.0. The molecule has 1 atom stereocenters. The summed E-state index contributed by atoms with van der Waals surface area (Å²) in [6, 6.07) is 17.8. The molecule has 6 N–H and O–H groups in total. The minimum Gasteiger partial charge on any atom is -0.506 e. The quantitative estimate of drug-likeness (QED) is 0.0486. The standard InChI is InChI=1S/C44H53N5O9S2/c1-48(39(54)15-19-49-20-16-43(17-21-49)24-31(25-43)58-44(42(55)56,35-6-4-22-59-35)36-7-5-23-60-36)18-3-2-8-37(52)46-30-11-9-29(10-12-30)26-45-27-34(51)32-13-14-33(50)40-41(32)57-28-38(53)47-40/h4-7,9-14,22-23,31,34,45,50-51H,2-3,8,15-21,24-28H2,1H3,(H,46,52)(H,47,53)(H,55,56)/t34-/m0/s1. The van der Waals surface area contributed by atoms with Crippen molar-refractivity contribution in [1.82, 2.24) is 15.1 Å². The Kier molecular flexibility index (Phi) is 13.9. The Labute approximate surface area is 357 Å². The number of aliphatic hydroxyl groups excluding tert-OH is 1. The van der Waals surface area contributed by atoms with Crippen molar-refractivity contribution in [2.75, 3.05) is 57.0 Å². The highest BCUT2D eigenvalue weighted by atomic mass is 32.1. The molecule has 1 spiro atoms. The minimum atomic E-state index is -1.48. The van der Waals surface area contributed by atoms with Gasteiger partial charge < -0.3 is 50.5 Å². The van der Waals surface area contributed by atoms with Crippen molar-refractivity contribution < 1.29 is 44.0 Å². The molecule has 60 heavy (non-hydrogen) atoms. The molecule has 1 saturated heterocycles. The Morgan fingerprint density at radius 1 is 1.02 bits per heavy atom. The first-order valence-corrected chi connectivity index (χ1v) is 22.2. The number of hydrogen-bond acceptors (Lipinski definition) is 12. The zero-order valence-corrected chi connectivity index (χ0v) is 35.3. The zero-order chi connectivity index (χ0) is 42.3. The number of rotatable bonds is 19. The summed E-state index contributed by atoms with van der Waals surface area (Å²) in [6.07, 6.45) is 4.81. The molecule has 7 rings (SSSR count). The fourth-order valence-electron chi connectivity index (χ4n) is 8.39. The number of hydrogen-bond donors (Lipinski definition) is 6. The van der Waals surface area contributed by atoms with Gasteiger partial charge in [-0.05, 0) is 110 Å². The molecule has 2 aromatic heterocycles. The number of carbonyl (C=O) groups is 4. The number of phenolic OH excluding ortho intramolecular Hbond substituents is 1. The molecular weight excluding hydrogens is 807 g/mol. The summed E-state index contributed by atoms with van der Waals surface area (Å²) in [5.74, 6) is -1.23. The van der Waals surface area contributed by atoms with Crippen molar-refractivity contribution in [2.45, 2.75) is 75.7 Å². The van der Waals surface area contributed by atoms with Crippen molar-refractivity contribution in [3.8, 4) is 11.5 Å². The van der Waals surface area contributed by atoms with E-state index >= 15 is 0 Å². The number of fused-ring (bicyclic) bond motifs is 1. The van der Waals surface area contributed by atoms with Gasteiger partial charge in [-0.15, -0.1) is 22.7 Å². The second-order valence-electron chi connectivity index (χ2n) is 16.1. The molecule has 0 radical (unpaired) electrons. The number of phenols is 1. The Hall–Kier alpha value is -4.84. The van der Waals surface area contributed by atoms with E-state index in [0.717, 1.165) is 50.8 Å². The van der Waals surface area contributed by atoms with E-state index in [9.17, 15) is 34.5 Å². The molecule has 320 valence electrons. The lowest BCUT2D eigenvalue weighted by Crippen LogP contribution is -2.53. The molecule has 1 saturated carbocycles. The number of piperidine rings is 1. The maximum atomic E-state index is 13.0. The van der Waals surface area contributed by atoms with Crippen LogP contribution in [0.4, 0.5) is 11.4 Å². The van der Waals surface area contributed by atoms with E-state index < -0.39 is 17.7 Å². The number of benzene rings is 2. The van der Waals surface area contributed by atoms with Gasteiger partial charge in [0.1, 0.15) is 11.4 Å². The van der Waals surface area contributed by atoms with Crippen molar-refractivity contribution in [1.29, 1.82) is 0 Å². The summed E-state index contributed by atoms with van der Waals surface area (Å²) in [4.78, 5) is 55.5. The number of nitrogens with one attached hydrogen (secondary N) is 3. The number of carboxylic acids is 1. The van der Waals surface area contributed by atoms with E-state index in [4.69, 9.17) is 9.47 Å². The van der Waals surface area contributed by atoms with Gasteiger partial charge in [0.15, 0.2) is 12.4 Å². The lowest BCUT2D eigenvalue weighted by molar-refractivity contribution is -0.190. The summed E-state index contributed by atoms with van der Waals surface area (Å²) in [6.45, 7) is 3.59. The van der Waals surface area contributed by atoms with E-state index in [0.29, 0.717) is 59.9 Å². The molecule has 2 aromatic carbocycles. The Balaban J connectivity index is 0.749. The van der Waals surface area contributed by atoms with E-state index in [1.807, 2.05) is 66.3 Å². The van der Waals surface area contributed by atoms with Crippen LogP contribution in [0.15, 0.2) is 71.4 Å². The number of unbranched alkanes of at least 4 members (excludes halogenated alkanes) is 1. The molecule has 2 fully saturated rings. The third-order valence-corrected chi connectivity index (χ3v) is 13.8. The maximum Gasteiger partial charge on any atom is 0.347 e. The fourth-order valence-corrected chi connectivity index (χ4v) is 10.2. The van der Waals surface area contributed by atoms with Crippen LogP contribution >= 0.6 is 22.7 Å². The van der Waals surface area contributed by atoms with E-state index in [2.05, 4.69) is 20.9 Å². The van der Waals surface area contributed by atoms with Crippen LogP contribution in [0.2, 0.25) is 0 Å². The van der Waals surface area contributed by atoms with Gasteiger partial charge in [-0.25, -0.2) is 4.79 Å². The molecule has 4 aromatic rings. The average molecular weight is 860 g/mol. The Bertz CT molecular complexity index is 2060. The number of aliphatic carboxylic acids is 1. The van der Waals surface area contributed by atoms with Gasteiger partial charge in [-0.2, -0.15) is 0 Å². The smallest absolute Gasteiger partial charge is 0.347 e. The van der Waals surface area contributed by atoms with Crippen LogP contribution in [0.25, 0.3) is 0 Å². The second-order valence-corrected chi connectivity index (χ2v) is 18.0. The SMILES string of the molecule is CN(CCCCC(=O)Nc1ccc(CNC[C@H](O)c2ccc(O)c3c2OCC(=O)N3)cc1)C(=O)CCN1CCC2(CC1)CC(OC(C(=O)O)(c1cccs1)c1cccs1)C2. The fraction of sp³-hybridized carbons (Fsp3) is 0.455. The number of nitrogens with zero attached hydrogens (tertiary/aromatic N) is 2. The average Bonchev–Trinajstić information content (AvgIpc) is 3.98. The van der Waals surface area contributed by atoms with Crippen LogP contribution in [0.3, 0.4) is 0 Å². The van der Waals surface area contributed by atoms with Gasteiger partial charge >= 0.3 is 5.97 Å². The highest BCUT2D eigenvalue weighted by Gasteiger charge is 2.53. The molecule has 1 aliphatic carbocycles. The van der Waals surface area contributed by atoms with E-state index in [1.54, 1.807) is 11.0 Å². The summed E-state index contributed by atoms with van der Waals surface area (Å²) in [5.41, 5.74) is 0.935. The number of amides is 3. The van der Waals surface area contributed by atoms with Gasteiger partial charge in [0.25, 0.3) is 5.91 Å². The largest absolute Gasteiger partial charge is 0.506 e. The molecule has 3 aliphatic rings. The van der Waals surface area contributed by atoms with Gasteiger partial charge in [0.05, 0.1) is 22.0 Å². The number of aromatic hydroxyl groups is 1. The van der Waals surface area contributed by atoms with Gasteiger partial charge in [-0.1, -0.05) is 24.3 Å². The number of anilines is 2. The van der Waals surface area contributed by atoms with Crippen molar-refractivity contribution in [2.24, 2.45) is 5.41 Å². The number of thiophene rings is 2. The minimum absolute atomic E-state index is 0.0907. The summed E-state index contributed by atoms with van der Waals surface area (Å²) >= 11 is 2.82. The number of carboxylic acid groups (broad SMARTS) is 1. The predicted octanol–water partition coefficient (Wildman–Crippen LogP) is 5.92. The lowest BCUT2D eigenvalue weighted by Gasteiger charge is -2.53.